The average molecular weight is 561 g/mol. The van der Waals surface area contributed by atoms with E-state index in [9.17, 15) is 0 Å². The number of furan rings is 1. The molecule has 1 aromatic heterocycles. The van der Waals surface area contributed by atoms with Crippen molar-refractivity contribution in [1.82, 2.24) is 0 Å². The van der Waals surface area contributed by atoms with Crippen LogP contribution in [0.1, 0.15) is 22.3 Å². The van der Waals surface area contributed by atoms with Gasteiger partial charge in [0, 0.05) is 10.8 Å². The fourth-order valence-electron chi connectivity index (χ4n) is 7.47. The molecule has 0 aliphatic heterocycles. The van der Waals surface area contributed by atoms with E-state index in [4.69, 9.17) is 4.42 Å². The van der Waals surface area contributed by atoms with Gasteiger partial charge in [0.25, 0.3) is 0 Å². The molecule has 0 bridgehead atoms. The molecule has 0 N–H and O–H groups in total. The monoisotopic (exact) mass is 560 g/mol. The lowest BCUT2D eigenvalue weighted by molar-refractivity contribution is 0.666. The SMILES string of the molecule is c1ccc(-c2ccc(-c3cccc4oc5cc6c(cc5c34)-c3ccccc3C6(c3ccccc3)c3ccccc3)cc2)cc1. The molecule has 1 heterocycles. The molecule has 0 saturated heterocycles. The van der Waals surface area contributed by atoms with Crippen molar-refractivity contribution in [1.29, 1.82) is 0 Å². The lowest BCUT2D eigenvalue weighted by Crippen LogP contribution is -2.28. The van der Waals surface area contributed by atoms with Gasteiger partial charge in [0.05, 0.1) is 5.41 Å². The molecule has 0 atom stereocenters. The Kier molecular flexibility index (Phi) is 5.48. The van der Waals surface area contributed by atoms with Gasteiger partial charge in [-0.2, -0.15) is 0 Å². The van der Waals surface area contributed by atoms with Gasteiger partial charge in [-0.25, -0.2) is 0 Å². The second-order valence-corrected chi connectivity index (χ2v) is 11.6. The first-order valence-electron chi connectivity index (χ1n) is 15.2. The zero-order valence-electron chi connectivity index (χ0n) is 24.1. The number of rotatable bonds is 4. The summed E-state index contributed by atoms with van der Waals surface area (Å²) in [5.74, 6) is 0. The third-order valence-electron chi connectivity index (χ3n) is 9.38. The zero-order valence-corrected chi connectivity index (χ0v) is 24.1. The number of benzene rings is 7. The highest BCUT2D eigenvalue weighted by Gasteiger charge is 2.46. The molecule has 9 rings (SSSR count). The average Bonchev–Trinajstić information content (AvgIpc) is 3.61. The van der Waals surface area contributed by atoms with Gasteiger partial charge in [-0.1, -0.05) is 152 Å². The lowest BCUT2D eigenvalue weighted by Gasteiger charge is -2.33. The largest absolute Gasteiger partial charge is 0.456 e. The Labute approximate surface area is 256 Å². The smallest absolute Gasteiger partial charge is 0.136 e. The maximum absolute atomic E-state index is 6.70. The lowest BCUT2D eigenvalue weighted by atomic mass is 9.67. The third-order valence-corrected chi connectivity index (χ3v) is 9.38. The Hall–Kier alpha value is -5.66. The molecule has 7 aromatic carbocycles. The fourth-order valence-corrected chi connectivity index (χ4v) is 7.47. The van der Waals surface area contributed by atoms with Crippen LogP contribution in [-0.2, 0) is 5.41 Å². The van der Waals surface area contributed by atoms with Crippen LogP contribution in [0.15, 0.2) is 174 Å². The molecule has 0 saturated carbocycles. The van der Waals surface area contributed by atoms with E-state index in [1.165, 1.54) is 55.6 Å². The van der Waals surface area contributed by atoms with Gasteiger partial charge >= 0.3 is 0 Å². The van der Waals surface area contributed by atoms with Crippen molar-refractivity contribution in [3.05, 3.63) is 192 Å². The van der Waals surface area contributed by atoms with Gasteiger partial charge in [0.15, 0.2) is 0 Å². The van der Waals surface area contributed by atoms with Crippen molar-refractivity contribution in [2.45, 2.75) is 5.41 Å². The van der Waals surface area contributed by atoms with Crippen molar-refractivity contribution in [2.75, 3.05) is 0 Å². The van der Waals surface area contributed by atoms with Crippen LogP contribution in [0.2, 0.25) is 0 Å². The first-order chi connectivity index (χ1) is 21.8. The molecular formula is C43H28O. The molecule has 44 heavy (non-hydrogen) atoms. The van der Waals surface area contributed by atoms with Crippen LogP contribution in [0, 0.1) is 0 Å². The topological polar surface area (TPSA) is 13.1 Å². The highest BCUT2D eigenvalue weighted by Crippen LogP contribution is 2.57. The van der Waals surface area contributed by atoms with Crippen molar-refractivity contribution in [2.24, 2.45) is 0 Å². The predicted octanol–water partition coefficient (Wildman–Crippen LogP) is 11.3. The van der Waals surface area contributed by atoms with E-state index in [0.717, 1.165) is 21.9 Å². The van der Waals surface area contributed by atoms with Crippen LogP contribution in [-0.4, -0.2) is 0 Å². The van der Waals surface area contributed by atoms with Gasteiger partial charge in [-0.3, -0.25) is 0 Å². The van der Waals surface area contributed by atoms with Gasteiger partial charge in [0.2, 0.25) is 0 Å². The van der Waals surface area contributed by atoms with E-state index < -0.39 is 5.41 Å². The molecule has 1 aliphatic rings. The van der Waals surface area contributed by atoms with E-state index in [0.29, 0.717) is 0 Å². The minimum absolute atomic E-state index is 0.447. The summed E-state index contributed by atoms with van der Waals surface area (Å²) in [5.41, 5.74) is 13.8. The highest BCUT2D eigenvalue weighted by molar-refractivity contribution is 6.14. The maximum atomic E-state index is 6.70. The number of fused-ring (bicyclic) bond motifs is 6. The van der Waals surface area contributed by atoms with Gasteiger partial charge in [0.1, 0.15) is 11.2 Å². The van der Waals surface area contributed by atoms with Crippen LogP contribution in [0.25, 0.3) is 55.3 Å². The molecule has 1 aliphatic carbocycles. The molecular weight excluding hydrogens is 532 g/mol. The Morgan fingerprint density at radius 1 is 0.364 bits per heavy atom. The van der Waals surface area contributed by atoms with E-state index in [-0.39, 0.29) is 0 Å². The van der Waals surface area contributed by atoms with Crippen LogP contribution in [0.5, 0.6) is 0 Å². The summed E-state index contributed by atoms with van der Waals surface area (Å²) in [6, 6.07) is 61.3. The molecule has 0 radical (unpaired) electrons. The molecule has 206 valence electrons. The summed E-state index contributed by atoms with van der Waals surface area (Å²) >= 11 is 0. The van der Waals surface area contributed by atoms with Crippen molar-refractivity contribution >= 4 is 21.9 Å². The molecule has 1 nitrogen and oxygen atoms in total. The Balaban J connectivity index is 1.31. The van der Waals surface area contributed by atoms with Crippen LogP contribution < -0.4 is 0 Å². The molecule has 0 amide bonds. The fraction of sp³-hybridized carbons (Fsp3) is 0.0233. The van der Waals surface area contributed by atoms with Crippen molar-refractivity contribution in [3.63, 3.8) is 0 Å². The van der Waals surface area contributed by atoms with E-state index in [2.05, 4.69) is 170 Å². The summed E-state index contributed by atoms with van der Waals surface area (Å²) in [6.45, 7) is 0. The number of hydrogen-bond donors (Lipinski definition) is 0. The molecule has 0 spiro atoms. The van der Waals surface area contributed by atoms with Crippen molar-refractivity contribution < 1.29 is 4.42 Å². The second kappa shape index (κ2) is 9.69. The highest BCUT2D eigenvalue weighted by atomic mass is 16.3. The summed E-state index contributed by atoms with van der Waals surface area (Å²) in [4.78, 5) is 0. The van der Waals surface area contributed by atoms with Crippen molar-refractivity contribution in [3.8, 4) is 33.4 Å². The van der Waals surface area contributed by atoms with Crippen LogP contribution in [0.3, 0.4) is 0 Å². The quantitative estimate of drug-likeness (QED) is 0.209. The first-order valence-corrected chi connectivity index (χ1v) is 15.2. The predicted molar refractivity (Wildman–Crippen MR) is 182 cm³/mol. The number of hydrogen-bond acceptors (Lipinski definition) is 1. The minimum Gasteiger partial charge on any atom is -0.456 e. The first kappa shape index (κ1) is 24.9. The van der Waals surface area contributed by atoms with E-state index in [1.54, 1.807) is 0 Å². The molecule has 8 aromatic rings. The maximum Gasteiger partial charge on any atom is 0.136 e. The van der Waals surface area contributed by atoms with E-state index in [1.807, 2.05) is 0 Å². The molecule has 0 fully saturated rings. The Morgan fingerprint density at radius 2 is 0.932 bits per heavy atom. The minimum atomic E-state index is -0.447. The normalized spacial score (nSPS) is 13.2. The summed E-state index contributed by atoms with van der Waals surface area (Å²) < 4.78 is 6.70. The Morgan fingerprint density at radius 3 is 1.64 bits per heavy atom. The molecule has 0 unspecified atom stereocenters. The standard InChI is InChI=1S/C43H28O/c1-4-13-29(14-5-1)30-23-25-31(26-24-30)34-20-12-22-40-42(34)37-27-36-35-19-10-11-21-38(35)43(32-15-6-2-7-16-32,33-17-8-3-9-18-33)39(36)28-41(37)44-40/h1-28H. The summed E-state index contributed by atoms with van der Waals surface area (Å²) in [5, 5.41) is 2.31. The van der Waals surface area contributed by atoms with Crippen LogP contribution in [0.4, 0.5) is 0 Å². The molecule has 1 heteroatoms. The Bertz CT molecular complexity index is 2250. The van der Waals surface area contributed by atoms with Crippen LogP contribution >= 0.6 is 0 Å². The second-order valence-electron chi connectivity index (χ2n) is 11.6. The van der Waals surface area contributed by atoms with E-state index >= 15 is 0 Å². The zero-order chi connectivity index (χ0) is 29.1. The van der Waals surface area contributed by atoms with Gasteiger partial charge in [-0.05, 0) is 73.8 Å². The van der Waals surface area contributed by atoms with Gasteiger partial charge < -0.3 is 4.42 Å². The summed E-state index contributed by atoms with van der Waals surface area (Å²) in [6.07, 6.45) is 0. The summed E-state index contributed by atoms with van der Waals surface area (Å²) in [7, 11) is 0. The third kappa shape index (κ3) is 3.53. The van der Waals surface area contributed by atoms with Gasteiger partial charge in [-0.15, -0.1) is 0 Å².